The molecule has 7 heteroatoms. The fraction of sp³-hybridized carbons (Fsp3) is 0.467. The highest BCUT2D eigenvalue weighted by molar-refractivity contribution is 6.68. The van der Waals surface area contributed by atoms with Gasteiger partial charge in [-0.3, -0.25) is 0 Å². The Labute approximate surface area is 128 Å². The maximum Gasteiger partial charge on any atom is 0.573 e. The van der Waals surface area contributed by atoms with Gasteiger partial charge in [0.1, 0.15) is 5.75 Å². The Kier molecular flexibility index (Phi) is 4.08. The van der Waals surface area contributed by atoms with E-state index in [-0.39, 0.29) is 5.75 Å². The van der Waals surface area contributed by atoms with Gasteiger partial charge in [-0.1, -0.05) is 18.7 Å². The molecule has 22 heavy (non-hydrogen) atoms. The van der Waals surface area contributed by atoms with Gasteiger partial charge in [0.05, 0.1) is 11.2 Å². The molecule has 0 radical (unpaired) electrons. The Bertz CT molecular complexity index is 548. The van der Waals surface area contributed by atoms with Crippen LogP contribution in [0.4, 0.5) is 13.2 Å². The molecule has 120 valence electrons. The number of hydrogen-bond donors (Lipinski definition) is 0. The van der Waals surface area contributed by atoms with Crippen LogP contribution in [-0.4, -0.2) is 24.7 Å². The third-order valence-corrected chi connectivity index (χ3v) is 4.00. The van der Waals surface area contributed by atoms with Crippen molar-refractivity contribution in [2.45, 2.75) is 45.3 Å². The predicted octanol–water partition coefficient (Wildman–Crippen LogP) is 4.23. The highest BCUT2D eigenvalue weighted by Crippen LogP contribution is 2.40. The maximum absolute atomic E-state index is 12.1. The maximum atomic E-state index is 12.1. The summed E-state index contributed by atoms with van der Waals surface area (Å²) in [5, 5.41) is 0. The lowest BCUT2D eigenvalue weighted by Gasteiger charge is -2.32. The van der Waals surface area contributed by atoms with Crippen LogP contribution in [0, 0.1) is 0 Å². The van der Waals surface area contributed by atoms with E-state index in [1.807, 2.05) is 27.7 Å². The van der Waals surface area contributed by atoms with Crippen molar-refractivity contribution in [1.82, 2.24) is 0 Å². The molecule has 1 aliphatic rings. The summed E-state index contributed by atoms with van der Waals surface area (Å²) in [6.07, 6.45) is -4.70. The summed E-state index contributed by atoms with van der Waals surface area (Å²) < 4.78 is 52.0. The molecule has 0 unspecified atom stereocenters. The lowest BCUT2D eigenvalue weighted by atomic mass is 9.75. The first-order valence-electron chi connectivity index (χ1n) is 6.82. The van der Waals surface area contributed by atoms with Crippen LogP contribution in [0.1, 0.15) is 33.3 Å². The van der Waals surface area contributed by atoms with Gasteiger partial charge in [0.25, 0.3) is 0 Å². The Hall–Kier alpha value is -1.47. The van der Waals surface area contributed by atoms with Crippen molar-refractivity contribution in [2.75, 3.05) is 0 Å². The summed E-state index contributed by atoms with van der Waals surface area (Å²) in [7, 11) is -0.639. The Morgan fingerprint density at radius 2 is 1.50 bits per heavy atom. The Morgan fingerprint density at radius 1 is 1.05 bits per heavy atom. The summed E-state index contributed by atoms with van der Waals surface area (Å²) in [5.41, 5.74) is 0.185. The lowest BCUT2D eigenvalue weighted by Crippen LogP contribution is -2.41. The second kappa shape index (κ2) is 5.31. The minimum Gasteiger partial charge on any atom is -0.406 e. The average Bonchev–Trinajstić information content (AvgIpc) is 2.56. The number of halogens is 3. The van der Waals surface area contributed by atoms with Crippen LogP contribution >= 0.6 is 0 Å². The quantitative estimate of drug-likeness (QED) is 0.782. The smallest absolute Gasteiger partial charge is 0.406 e. The van der Waals surface area contributed by atoms with E-state index in [1.54, 1.807) is 0 Å². The predicted molar refractivity (Wildman–Crippen MR) is 78.2 cm³/mol. The Morgan fingerprint density at radius 3 is 1.91 bits per heavy atom. The summed E-state index contributed by atoms with van der Waals surface area (Å²) in [6.45, 7) is 11.6. The number of alkyl halides is 3. The van der Waals surface area contributed by atoms with Crippen molar-refractivity contribution in [3.63, 3.8) is 0 Å². The summed E-state index contributed by atoms with van der Waals surface area (Å²) in [6, 6.07) is 5.46. The van der Waals surface area contributed by atoms with Crippen molar-refractivity contribution >= 4 is 12.6 Å². The molecule has 1 aliphatic heterocycles. The summed E-state index contributed by atoms with van der Waals surface area (Å²) in [4.78, 5) is 0. The molecule has 0 aliphatic carbocycles. The third-order valence-electron chi connectivity index (χ3n) is 4.00. The standard InChI is InChI=1S/C15H18BF3O3/c1-10(16-21-13(2,3)14(4,5)22-16)11-6-8-12(9-7-11)20-15(17,18)19/h6-9H,1H2,2-5H3. The fourth-order valence-electron chi connectivity index (χ4n) is 1.99. The number of ether oxygens (including phenoxy) is 1. The SMILES string of the molecule is C=C(B1OC(C)(C)C(C)(C)O1)c1ccc(OC(F)(F)F)cc1. The first-order chi connectivity index (χ1) is 9.91. The molecule has 3 nitrogen and oxygen atoms in total. The normalized spacial score (nSPS) is 20.0. The summed E-state index contributed by atoms with van der Waals surface area (Å²) in [5.74, 6) is -0.280. The fourth-order valence-corrected chi connectivity index (χ4v) is 1.99. The molecule has 0 atom stereocenters. The van der Waals surface area contributed by atoms with Crippen LogP contribution in [0.3, 0.4) is 0 Å². The molecule has 0 N–H and O–H groups in total. The first-order valence-corrected chi connectivity index (χ1v) is 6.82. The van der Waals surface area contributed by atoms with Gasteiger partial charge in [0.15, 0.2) is 0 Å². The minimum atomic E-state index is -4.70. The molecule has 2 rings (SSSR count). The minimum absolute atomic E-state index is 0.280. The monoisotopic (exact) mass is 314 g/mol. The topological polar surface area (TPSA) is 27.7 Å². The van der Waals surface area contributed by atoms with E-state index >= 15 is 0 Å². The van der Waals surface area contributed by atoms with Crippen molar-refractivity contribution in [1.29, 1.82) is 0 Å². The van der Waals surface area contributed by atoms with Crippen LogP contribution in [0.15, 0.2) is 30.8 Å². The van der Waals surface area contributed by atoms with E-state index < -0.39 is 24.7 Å². The third kappa shape index (κ3) is 3.47. The van der Waals surface area contributed by atoms with E-state index in [2.05, 4.69) is 11.3 Å². The second-order valence-electron chi connectivity index (χ2n) is 6.19. The van der Waals surface area contributed by atoms with Crippen LogP contribution in [0.2, 0.25) is 0 Å². The first kappa shape index (κ1) is 16.9. The molecular formula is C15H18BF3O3. The second-order valence-corrected chi connectivity index (χ2v) is 6.19. The number of rotatable bonds is 3. The van der Waals surface area contributed by atoms with Crippen LogP contribution in [-0.2, 0) is 9.31 Å². The van der Waals surface area contributed by atoms with Crippen molar-refractivity contribution in [3.8, 4) is 5.75 Å². The highest BCUT2D eigenvalue weighted by atomic mass is 19.4. The molecular weight excluding hydrogens is 296 g/mol. The molecule has 0 spiro atoms. The highest BCUT2D eigenvalue weighted by Gasteiger charge is 2.52. The van der Waals surface area contributed by atoms with Gasteiger partial charge in [-0.2, -0.15) is 0 Å². The van der Waals surface area contributed by atoms with Gasteiger partial charge in [-0.15, -0.1) is 13.2 Å². The van der Waals surface area contributed by atoms with Crippen LogP contribution in [0.5, 0.6) is 5.75 Å². The van der Waals surface area contributed by atoms with Gasteiger partial charge in [-0.25, -0.2) is 0 Å². The van der Waals surface area contributed by atoms with Gasteiger partial charge in [0, 0.05) is 0 Å². The molecule has 1 aromatic carbocycles. The average molecular weight is 314 g/mol. The Balaban J connectivity index is 2.11. The molecule has 1 fully saturated rings. The van der Waals surface area contributed by atoms with Crippen molar-refractivity contribution < 1.29 is 27.2 Å². The molecule has 1 heterocycles. The molecule has 1 saturated heterocycles. The van der Waals surface area contributed by atoms with Gasteiger partial charge < -0.3 is 14.0 Å². The molecule has 0 bridgehead atoms. The van der Waals surface area contributed by atoms with Crippen molar-refractivity contribution in [3.05, 3.63) is 36.4 Å². The van der Waals surface area contributed by atoms with E-state index in [0.717, 1.165) is 0 Å². The molecule has 0 amide bonds. The van der Waals surface area contributed by atoms with Crippen molar-refractivity contribution in [2.24, 2.45) is 0 Å². The zero-order valence-electron chi connectivity index (χ0n) is 13.0. The van der Waals surface area contributed by atoms with Crippen LogP contribution < -0.4 is 4.74 Å². The largest absolute Gasteiger partial charge is 0.573 e. The molecule has 0 saturated carbocycles. The zero-order chi connectivity index (χ0) is 16.8. The van der Waals surface area contributed by atoms with Gasteiger partial charge in [0.2, 0.25) is 0 Å². The van der Waals surface area contributed by atoms with Crippen LogP contribution in [0.25, 0.3) is 5.47 Å². The molecule has 0 aromatic heterocycles. The zero-order valence-corrected chi connectivity index (χ0v) is 13.0. The summed E-state index contributed by atoms with van der Waals surface area (Å²) >= 11 is 0. The number of hydrogen-bond acceptors (Lipinski definition) is 3. The van der Waals surface area contributed by atoms with E-state index in [0.29, 0.717) is 11.0 Å². The van der Waals surface area contributed by atoms with E-state index in [1.165, 1.54) is 24.3 Å². The van der Waals surface area contributed by atoms with E-state index in [9.17, 15) is 13.2 Å². The van der Waals surface area contributed by atoms with Gasteiger partial charge in [-0.05, 0) is 50.9 Å². The van der Waals surface area contributed by atoms with E-state index in [4.69, 9.17) is 9.31 Å². The molecule has 1 aromatic rings. The lowest BCUT2D eigenvalue weighted by molar-refractivity contribution is -0.274. The van der Waals surface area contributed by atoms with Gasteiger partial charge >= 0.3 is 13.5 Å². The number of benzene rings is 1.